The lowest BCUT2D eigenvalue weighted by Crippen LogP contribution is -2.34. The molecule has 1 saturated carbocycles. The van der Waals surface area contributed by atoms with E-state index in [9.17, 15) is 4.79 Å². The summed E-state index contributed by atoms with van der Waals surface area (Å²) in [5, 5.41) is 6.35. The summed E-state index contributed by atoms with van der Waals surface area (Å²) in [6.07, 6.45) is 4.34. The fraction of sp³-hybridized carbons (Fsp3) is 0.381. The predicted molar refractivity (Wildman–Crippen MR) is 110 cm³/mol. The first kappa shape index (κ1) is 18.9. The molecule has 6 nitrogen and oxygen atoms in total. The predicted octanol–water partition coefficient (Wildman–Crippen LogP) is 3.89. The number of hydrogen-bond acceptors (Lipinski definition) is 5. The van der Waals surface area contributed by atoms with E-state index in [0.29, 0.717) is 24.7 Å². The van der Waals surface area contributed by atoms with Gasteiger partial charge in [-0.2, -0.15) is 4.98 Å². The van der Waals surface area contributed by atoms with Crippen LogP contribution in [0.4, 0.5) is 5.69 Å². The van der Waals surface area contributed by atoms with Crippen molar-refractivity contribution in [3.8, 4) is 0 Å². The number of anilines is 1. The van der Waals surface area contributed by atoms with E-state index in [-0.39, 0.29) is 24.2 Å². The van der Waals surface area contributed by atoms with Crippen LogP contribution in [0.2, 0.25) is 0 Å². The van der Waals surface area contributed by atoms with Crippen molar-refractivity contribution in [2.75, 3.05) is 11.4 Å². The summed E-state index contributed by atoms with van der Waals surface area (Å²) in [6, 6.07) is 14.2. The Balaban J connectivity index is 0.00000192. The molecule has 1 aliphatic heterocycles. The molecule has 0 radical (unpaired) electrons. The maximum Gasteiger partial charge on any atom is 0.232 e. The molecule has 1 saturated heterocycles. The average molecular weight is 399 g/mol. The SMILES string of the molecule is Cl.NC1(c2noc(C3CC(=O)N(c4cccc5ccccc45)C3)n2)CCCC1. The van der Waals surface area contributed by atoms with Gasteiger partial charge in [-0.3, -0.25) is 4.79 Å². The Labute approximate surface area is 169 Å². The van der Waals surface area contributed by atoms with Crippen LogP contribution in [-0.2, 0) is 10.3 Å². The molecule has 2 heterocycles. The molecular weight excluding hydrogens is 376 g/mol. The van der Waals surface area contributed by atoms with Crippen molar-refractivity contribution in [2.24, 2.45) is 5.73 Å². The van der Waals surface area contributed by atoms with E-state index >= 15 is 0 Å². The van der Waals surface area contributed by atoms with Crippen LogP contribution in [0.1, 0.15) is 49.7 Å². The number of carbonyl (C=O) groups excluding carboxylic acids is 1. The largest absolute Gasteiger partial charge is 0.339 e. The van der Waals surface area contributed by atoms with Crippen molar-refractivity contribution in [3.63, 3.8) is 0 Å². The molecule has 2 N–H and O–H groups in total. The van der Waals surface area contributed by atoms with Crippen LogP contribution in [0, 0.1) is 0 Å². The van der Waals surface area contributed by atoms with E-state index in [1.165, 1.54) is 0 Å². The monoisotopic (exact) mass is 398 g/mol. The quantitative estimate of drug-likeness (QED) is 0.723. The normalized spacial score (nSPS) is 21.2. The summed E-state index contributed by atoms with van der Waals surface area (Å²) < 4.78 is 5.53. The highest BCUT2D eigenvalue weighted by Crippen LogP contribution is 2.38. The Kier molecular flexibility index (Phi) is 4.85. The third kappa shape index (κ3) is 3.06. The molecule has 1 aliphatic carbocycles. The topological polar surface area (TPSA) is 85.2 Å². The zero-order chi connectivity index (χ0) is 18.4. The number of halogens is 1. The summed E-state index contributed by atoms with van der Waals surface area (Å²) in [5.74, 6) is 1.10. The molecule has 1 amide bonds. The smallest absolute Gasteiger partial charge is 0.232 e. The first-order valence-electron chi connectivity index (χ1n) is 9.55. The van der Waals surface area contributed by atoms with Gasteiger partial charge in [0.1, 0.15) is 0 Å². The lowest BCUT2D eigenvalue weighted by atomic mass is 9.98. The van der Waals surface area contributed by atoms with Crippen LogP contribution in [0.5, 0.6) is 0 Å². The first-order valence-corrected chi connectivity index (χ1v) is 9.55. The van der Waals surface area contributed by atoms with Crippen LogP contribution >= 0.6 is 12.4 Å². The van der Waals surface area contributed by atoms with E-state index in [1.54, 1.807) is 0 Å². The number of amides is 1. The number of rotatable bonds is 3. The van der Waals surface area contributed by atoms with Crippen LogP contribution in [0.25, 0.3) is 10.8 Å². The Hall–Kier alpha value is -2.44. The number of fused-ring (bicyclic) bond motifs is 1. The lowest BCUT2D eigenvalue weighted by Gasteiger charge is -2.18. The molecule has 28 heavy (non-hydrogen) atoms. The number of hydrogen-bond donors (Lipinski definition) is 1. The van der Waals surface area contributed by atoms with Crippen molar-refractivity contribution in [2.45, 2.75) is 43.6 Å². The Bertz CT molecular complexity index is 1010. The summed E-state index contributed by atoms with van der Waals surface area (Å²) in [7, 11) is 0. The third-order valence-corrected chi connectivity index (χ3v) is 5.91. The van der Waals surface area contributed by atoms with Gasteiger partial charge in [0.2, 0.25) is 11.8 Å². The second kappa shape index (κ2) is 7.18. The number of carbonyl (C=O) groups is 1. The van der Waals surface area contributed by atoms with Crippen LogP contribution < -0.4 is 10.6 Å². The van der Waals surface area contributed by atoms with E-state index in [1.807, 2.05) is 35.2 Å². The van der Waals surface area contributed by atoms with Gasteiger partial charge in [0.15, 0.2) is 5.82 Å². The Morgan fingerprint density at radius 2 is 1.86 bits per heavy atom. The fourth-order valence-corrected chi connectivity index (χ4v) is 4.38. The molecule has 1 atom stereocenters. The van der Waals surface area contributed by atoms with Gasteiger partial charge in [-0.05, 0) is 24.3 Å². The van der Waals surface area contributed by atoms with Gasteiger partial charge in [-0.1, -0.05) is 54.4 Å². The Morgan fingerprint density at radius 1 is 1.11 bits per heavy atom. The van der Waals surface area contributed by atoms with Gasteiger partial charge in [-0.15, -0.1) is 12.4 Å². The summed E-state index contributed by atoms with van der Waals surface area (Å²) in [5.41, 5.74) is 6.90. The number of nitrogens with two attached hydrogens (primary N) is 1. The fourth-order valence-electron chi connectivity index (χ4n) is 4.38. The molecule has 5 rings (SSSR count). The van der Waals surface area contributed by atoms with Crippen molar-refractivity contribution >= 4 is 34.8 Å². The zero-order valence-corrected chi connectivity index (χ0v) is 16.3. The second-order valence-corrected chi connectivity index (χ2v) is 7.72. The highest BCUT2D eigenvalue weighted by molar-refractivity contribution is 6.05. The van der Waals surface area contributed by atoms with Crippen molar-refractivity contribution in [3.05, 3.63) is 54.2 Å². The van der Waals surface area contributed by atoms with Gasteiger partial charge in [0, 0.05) is 18.4 Å². The highest BCUT2D eigenvalue weighted by atomic mass is 35.5. The number of aromatic nitrogens is 2. The third-order valence-electron chi connectivity index (χ3n) is 5.91. The summed E-state index contributed by atoms with van der Waals surface area (Å²) in [4.78, 5) is 19.2. The highest BCUT2D eigenvalue weighted by Gasteiger charge is 2.39. The molecular formula is C21H23ClN4O2. The first-order chi connectivity index (χ1) is 13.1. The maximum atomic E-state index is 12.7. The van der Waals surface area contributed by atoms with Crippen molar-refractivity contribution in [1.29, 1.82) is 0 Å². The molecule has 2 fully saturated rings. The van der Waals surface area contributed by atoms with Gasteiger partial charge >= 0.3 is 0 Å². The summed E-state index contributed by atoms with van der Waals surface area (Å²) >= 11 is 0. The van der Waals surface area contributed by atoms with Crippen LogP contribution in [-0.4, -0.2) is 22.6 Å². The lowest BCUT2D eigenvalue weighted by molar-refractivity contribution is -0.117. The molecule has 1 unspecified atom stereocenters. The molecule has 146 valence electrons. The minimum atomic E-state index is -0.473. The van der Waals surface area contributed by atoms with Gasteiger partial charge in [-0.25, -0.2) is 0 Å². The van der Waals surface area contributed by atoms with Gasteiger partial charge < -0.3 is 15.2 Å². The molecule has 0 spiro atoms. The average Bonchev–Trinajstić information content (AvgIpc) is 3.41. The van der Waals surface area contributed by atoms with E-state index < -0.39 is 5.54 Å². The summed E-state index contributed by atoms with van der Waals surface area (Å²) in [6.45, 7) is 0.548. The maximum absolute atomic E-state index is 12.7. The van der Waals surface area contributed by atoms with E-state index in [0.717, 1.165) is 42.1 Å². The van der Waals surface area contributed by atoms with Crippen LogP contribution in [0.3, 0.4) is 0 Å². The molecule has 2 aromatic carbocycles. The minimum Gasteiger partial charge on any atom is -0.339 e. The van der Waals surface area contributed by atoms with Crippen molar-refractivity contribution in [1.82, 2.24) is 10.1 Å². The van der Waals surface area contributed by atoms with E-state index in [2.05, 4.69) is 22.3 Å². The molecule has 7 heteroatoms. The number of nitrogens with zero attached hydrogens (tertiary/aromatic N) is 3. The van der Waals surface area contributed by atoms with Gasteiger partial charge in [0.05, 0.1) is 17.1 Å². The minimum absolute atomic E-state index is 0. The molecule has 1 aromatic heterocycles. The zero-order valence-electron chi connectivity index (χ0n) is 15.5. The van der Waals surface area contributed by atoms with Crippen LogP contribution in [0.15, 0.2) is 47.0 Å². The standard InChI is InChI=1S/C21H22N4O2.ClH/c22-21(10-3-4-11-21)20-23-19(27-24-20)15-12-18(26)25(13-15)17-9-5-7-14-6-1-2-8-16(14)17;/h1-2,5-9,15H,3-4,10-13,22H2;1H. The second-order valence-electron chi connectivity index (χ2n) is 7.72. The van der Waals surface area contributed by atoms with Crippen molar-refractivity contribution < 1.29 is 9.32 Å². The molecule has 0 bridgehead atoms. The molecule has 2 aliphatic rings. The van der Waals surface area contributed by atoms with E-state index in [4.69, 9.17) is 10.3 Å². The number of benzene rings is 2. The molecule has 3 aromatic rings. The van der Waals surface area contributed by atoms with Gasteiger partial charge in [0.25, 0.3) is 0 Å². The Morgan fingerprint density at radius 3 is 2.68 bits per heavy atom.